The quantitative estimate of drug-likeness (QED) is 0.654. The molecule has 4 nitrogen and oxygen atoms in total. The molecule has 2 fully saturated rings. The standard InChI is InChI=1S/C12H18FNO3/c1-11(2,3)17-10(16)14-7-9(15)6-12(14)4-8(13)5-12/h8H,4-7H2,1-3H3. The van der Waals surface area contributed by atoms with E-state index in [1.807, 2.05) is 0 Å². The van der Waals surface area contributed by atoms with Crippen LogP contribution in [0.2, 0.25) is 0 Å². The Balaban J connectivity index is 2.09. The van der Waals surface area contributed by atoms with Crippen molar-refractivity contribution in [3.63, 3.8) is 0 Å². The van der Waals surface area contributed by atoms with Gasteiger partial charge < -0.3 is 4.74 Å². The van der Waals surface area contributed by atoms with Crippen molar-refractivity contribution in [3.05, 3.63) is 0 Å². The molecule has 0 N–H and O–H groups in total. The van der Waals surface area contributed by atoms with Gasteiger partial charge in [0.15, 0.2) is 5.78 Å². The van der Waals surface area contributed by atoms with Crippen molar-refractivity contribution in [2.75, 3.05) is 6.54 Å². The lowest BCUT2D eigenvalue weighted by molar-refractivity contribution is -0.117. The number of Topliss-reactive ketones (excluding diaryl/α,β-unsaturated/α-hetero) is 1. The Morgan fingerprint density at radius 1 is 1.47 bits per heavy atom. The molecule has 0 unspecified atom stereocenters. The Bertz CT molecular complexity index is 355. The molecule has 0 radical (unpaired) electrons. The first-order chi connectivity index (χ1) is 7.72. The second-order valence-corrected chi connectivity index (χ2v) is 6.01. The van der Waals surface area contributed by atoms with Crippen molar-refractivity contribution in [1.29, 1.82) is 0 Å². The lowest BCUT2D eigenvalue weighted by Crippen LogP contribution is -2.57. The average molecular weight is 243 g/mol. The van der Waals surface area contributed by atoms with E-state index in [9.17, 15) is 14.0 Å². The number of halogens is 1. The first kappa shape index (κ1) is 12.3. The Labute approximate surface area is 100 Å². The highest BCUT2D eigenvalue weighted by Crippen LogP contribution is 2.46. The van der Waals surface area contributed by atoms with Gasteiger partial charge in [-0.05, 0) is 20.8 Å². The van der Waals surface area contributed by atoms with E-state index in [0.717, 1.165) is 0 Å². The second-order valence-electron chi connectivity index (χ2n) is 6.01. The first-order valence-electron chi connectivity index (χ1n) is 5.88. The monoisotopic (exact) mass is 243 g/mol. The SMILES string of the molecule is CC(C)(C)OC(=O)N1CC(=O)CC12CC(F)C2. The molecule has 2 aliphatic rings. The number of amides is 1. The molecule has 0 aromatic heterocycles. The van der Waals surface area contributed by atoms with Gasteiger partial charge in [0, 0.05) is 19.3 Å². The summed E-state index contributed by atoms with van der Waals surface area (Å²) in [5.74, 6) is -0.0113. The maximum Gasteiger partial charge on any atom is 0.411 e. The van der Waals surface area contributed by atoms with Crippen molar-refractivity contribution in [2.45, 2.75) is 57.3 Å². The van der Waals surface area contributed by atoms with Crippen LogP contribution < -0.4 is 0 Å². The van der Waals surface area contributed by atoms with Crippen molar-refractivity contribution in [2.24, 2.45) is 0 Å². The van der Waals surface area contributed by atoms with Crippen molar-refractivity contribution in [3.8, 4) is 0 Å². The number of rotatable bonds is 0. The molecule has 1 aliphatic heterocycles. The van der Waals surface area contributed by atoms with E-state index >= 15 is 0 Å². The Hall–Kier alpha value is -1.13. The molecule has 0 atom stereocenters. The zero-order chi connectivity index (χ0) is 12.8. The van der Waals surface area contributed by atoms with Crippen LogP contribution in [0.4, 0.5) is 9.18 Å². The van der Waals surface area contributed by atoms with Crippen molar-refractivity contribution < 1.29 is 18.7 Å². The van der Waals surface area contributed by atoms with E-state index < -0.39 is 23.4 Å². The molecule has 96 valence electrons. The molecule has 1 saturated carbocycles. The van der Waals surface area contributed by atoms with Crippen LogP contribution >= 0.6 is 0 Å². The highest BCUT2D eigenvalue weighted by Gasteiger charge is 2.56. The third kappa shape index (κ3) is 2.28. The Kier molecular flexibility index (Phi) is 2.67. The third-order valence-corrected chi connectivity index (χ3v) is 3.25. The summed E-state index contributed by atoms with van der Waals surface area (Å²) in [5, 5.41) is 0. The van der Waals surface area contributed by atoms with Crippen LogP contribution in [-0.2, 0) is 9.53 Å². The highest BCUT2D eigenvalue weighted by molar-refractivity contribution is 5.89. The maximum atomic E-state index is 13.0. The fourth-order valence-electron chi connectivity index (χ4n) is 2.57. The molecule has 17 heavy (non-hydrogen) atoms. The normalized spacial score (nSPS) is 32.8. The number of ketones is 1. The topological polar surface area (TPSA) is 46.6 Å². The molecule has 1 saturated heterocycles. The van der Waals surface area contributed by atoms with E-state index in [1.165, 1.54) is 4.90 Å². The van der Waals surface area contributed by atoms with E-state index in [2.05, 4.69) is 0 Å². The fraction of sp³-hybridized carbons (Fsp3) is 0.833. The minimum Gasteiger partial charge on any atom is -0.444 e. The summed E-state index contributed by atoms with van der Waals surface area (Å²) in [7, 11) is 0. The molecule has 1 spiro atoms. The molecule has 0 aromatic carbocycles. The number of likely N-dealkylation sites (tertiary alicyclic amines) is 1. The van der Waals surface area contributed by atoms with Gasteiger partial charge in [-0.1, -0.05) is 0 Å². The highest BCUT2D eigenvalue weighted by atomic mass is 19.1. The molecule has 1 heterocycles. The average Bonchev–Trinajstić information content (AvgIpc) is 2.39. The molecule has 1 aliphatic carbocycles. The Morgan fingerprint density at radius 2 is 2.06 bits per heavy atom. The summed E-state index contributed by atoms with van der Waals surface area (Å²) < 4.78 is 18.3. The van der Waals surface area contributed by atoms with Crippen LogP contribution in [0, 0.1) is 0 Å². The molecule has 0 aromatic rings. The zero-order valence-electron chi connectivity index (χ0n) is 10.5. The summed E-state index contributed by atoms with van der Waals surface area (Å²) in [5.41, 5.74) is -1.19. The Morgan fingerprint density at radius 3 is 2.53 bits per heavy atom. The number of hydrogen-bond acceptors (Lipinski definition) is 3. The molecule has 5 heteroatoms. The number of hydrogen-bond donors (Lipinski definition) is 0. The van der Waals surface area contributed by atoms with Gasteiger partial charge in [0.2, 0.25) is 0 Å². The van der Waals surface area contributed by atoms with Crippen LogP contribution in [0.3, 0.4) is 0 Å². The molecular weight excluding hydrogens is 225 g/mol. The smallest absolute Gasteiger partial charge is 0.411 e. The van der Waals surface area contributed by atoms with Crippen LogP contribution in [-0.4, -0.2) is 40.6 Å². The zero-order valence-corrected chi connectivity index (χ0v) is 10.5. The predicted octanol–water partition coefficient (Wildman–Crippen LogP) is 2.07. The largest absolute Gasteiger partial charge is 0.444 e. The van der Waals surface area contributed by atoms with Crippen LogP contribution in [0.25, 0.3) is 0 Å². The maximum absolute atomic E-state index is 13.0. The predicted molar refractivity (Wildman–Crippen MR) is 59.4 cm³/mol. The van der Waals surface area contributed by atoms with Gasteiger partial charge >= 0.3 is 6.09 Å². The van der Waals surface area contributed by atoms with Gasteiger partial charge in [0.05, 0.1) is 12.1 Å². The summed E-state index contributed by atoms with van der Waals surface area (Å²) in [4.78, 5) is 24.8. The summed E-state index contributed by atoms with van der Waals surface area (Å²) >= 11 is 0. The minimum atomic E-state index is -0.897. The van der Waals surface area contributed by atoms with Gasteiger partial charge in [-0.25, -0.2) is 9.18 Å². The fourth-order valence-corrected chi connectivity index (χ4v) is 2.57. The molecular formula is C12H18FNO3. The van der Waals surface area contributed by atoms with Crippen molar-refractivity contribution in [1.82, 2.24) is 4.90 Å². The van der Waals surface area contributed by atoms with E-state index in [-0.39, 0.29) is 31.6 Å². The lowest BCUT2D eigenvalue weighted by Gasteiger charge is -2.46. The van der Waals surface area contributed by atoms with Gasteiger partial charge in [-0.15, -0.1) is 0 Å². The van der Waals surface area contributed by atoms with Crippen LogP contribution in [0.15, 0.2) is 0 Å². The van der Waals surface area contributed by atoms with Gasteiger partial charge in [-0.3, -0.25) is 9.69 Å². The molecule has 0 bridgehead atoms. The number of carbonyl (C=O) groups is 2. The molecule has 1 amide bonds. The van der Waals surface area contributed by atoms with Crippen molar-refractivity contribution >= 4 is 11.9 Å². The van der Waals surface area contributed by atoms with Crippen LogP contribution in [0.5, 0.6) is 0 Å². The van der Waals surface area contributed by atoms with E-state index in [4.69, 9.17) is 4.74 Å². The van der Waals surface area contributed by atoms with Gasteiger partial charge in [0.1, 0.15) is 11.8 Å². The summed E-state index contributed by atoms with van der Waals surface area (Å²) in [6.07, 6.45) is -0.607. The van der Waals surface area contributed by atoms with E-state index in [0.29, 0.717) is 0 Å². The number of carbonyl (C=O) groups excluding carboxylic acids is 2. The number of ether oxygens (including phenoxy) is 1. The van der Waals surface area contributed by atoms with Crippen LogP contribution in [0.1, 0.15) is 40.0 Å². The summed E-state index contributed by atoms with van der Waals surface area (Å²) in [6, 6.07) is 0. The third-order valence-electron chi connectivity index (χ3n) is 3.25. The molecule has 2 rings (SSSR count). The van der Waals surface area contributed by atoms with E-state index in [1.54, 1.807) is 20.8 Å². The van der Waals surface area contributed by atoms with Gasteiger partial charge in [-0.2, -0.15) is 0 Å². The second kappa shape index (κ2) is 3.68. The first-order valence-corrected chi connectivity index (χ1v) is 5.88. The minimum absolute atomic E-state index is 0.0113. The number of nitrogens with zero attached hydrogens (tertiary/aromatic N) is 1. The number of alkyl halides is 1. The van der Waals surface area contributed by atoms with Gasteiger partial charge in [0.25, 0.3) is 0 Å². The lowest BCUT2D eigenvalue weighted by atomic mass is 9.73. The summed E-state index contributed by atoms with van der Waals surface area (Å²) in [6.45, 7) is 5.37.